The van der Waals surface area contributed by atoms with Crippen LogP contribution in [0.25, 0.3) is 0 Å². The summed E-state index contributed by atoms with van der Waals surface area (Å²) in [5.74, 6) is 0.178. The van der Waals surface area contributed by atoms with Crippen LogP contribution in [-0.2, 0) is 9.53 Å². The van der Waals surface area contributed by atoms with Crippen LogP contribution < -0.4 is 10.6 Å². The van der Waals surface area contributed by atoms with E-state index in [0.717, 1.165) is 19.6 Å². The maximum atomic E-state index is 12.4. The standard InChI is InChI=1S/C12H23N3O2/c1-8-6-15(7-9(2)14-8)12(16)11-10(3)17-5-4-13-11/h8-11,13-14H,4-7H2,1-3H3/t8?,9?,10-,11+/m1/s1. The molecule has 5 heteroatoms. The first-order valence-corrected chi connectivity index (χ1v) is 6.47. The number of nitrogens with zero attached hydrogens (tertiary/aromatic N) is 1. The summed E-state index contributed by atoms with van der Waals surface area (Å²) >= 11 is 0. The number of piperazine rings is 1. The summed E-state index contributed by atoms with van der Waals surface area (Å²) in [5, 5.41) is 6.69. The highest BCUT2D eigenvalue weighted by Gasteiger charge is 2.34. The van der Waals surface area contributed by atoms with Crippen molar-refractivity contribution in [2.45, 2.75) is 45.0 Å². The van der Waals surface area contributed by atoms with E-state index in [9.17, 15) is 4.79 Å². The molecule has 2 fully saturated rings. The van der Waals surface area contributed by atoms with Crippen molar-refractivity contribution in [3.05, 3.63) is 0 Å². The molecule has 98 valence electrons. The smallest absolute Gasteiger partial charge is 0.242 e. The van der Waals surface area contributed by atoms with Gasteiger partial charge in [-0.25, -0.2) is 0 Å². The normalized spacial score (nSPS) is 39.1. The average molecular weight is 241 g/mol. The minimum Gasteiger partial charge on any atom is -0.375 e. The van der Waals surface area contributed by atoms with Gasteiger partial charge in [0.05, 0.1) is 12.7 Å². The second-order valence-corrected chi connectivity index (χ2v) is 5.22. The summed E-state index contributed by atoms with van der Waals surface area (Å²) in [7, 11) is 0. The van der Waals surface area contributed by atoms with Gasteiger partial charge in [-0.1, -0.05) is 0 Å². The van der Waals surface area contributed by atoms with Crippen molar-refractivity contribution < 1.29 is 9.53 Å². The molecule has 2 aliphatic heterocycles. The quantitative estimate of drug-likeness (QED) is 0.654. The van der Waals surface area contributed by atoms with E-state index >= 15 is 0 Å². The summed E-state index contributed by atoms with van der Waals surface area (Å²) < 4.78 is 5.53. The number of hydrogen-bond acceptors (Lipinski definition) is 4. The number of morpholine rings is 1. The van der Waals surface area contributed by atoms with Gasteiger partial charge < -0.3 is 20.3 Å². The number of carbonyl (C=O) groups is 1. The van der Waals surface area contributed by atoms with Gasteiger partial charge >= 0.3 is 0 Å². The van der Waals surface area contributed by atoms with Crippen LogP contribution >= 0.6 is 0 Å². The number of carbonyl (C=O) groups excluding carboxylic acids is 1. The summed E-state index contributed by atoms with van der Waals surface area (Å²) in [6.07, 6.45) is -0.0308. The molecule has 0 aromatic rings. The first-order valence-electron chi connectivity index (χ1n) is 6.47. The molecular weight excluding hydrogens is 218 g/mol. The van der Waals surface area contributed by atoms with Gasteiger partial charge in [0.2, 0.25) is 5.91 Å². The zero-order chi connectivity index (χ0) is 12.4. The van der Waals surface area contributed by atoms with E-state index in [2.05, 4.69) is 24.5 Å². The molecule has 2 aliphatic rings. The first-order chi connectivity index (χ1) is 8.08. The molecule has 0 saturated carbocycles. The predicted molar refractivity (Wildman–Crippen MR) is 65.8 cm³/mol. The van der Waals surface area contributed by atoms with E-state index in [-0.39, 0.29) is 18.1 Å². The molecular formula is C12H23N3O2. The summed E-state index contributed by atoms with van der Waals surface area (Å²) in [5.41, 5.74) is 0. The molecule has 2 N–H and O–H groups in total. The average Bonchev–Trinajstić information content (AvgIpc) is 2.27. The van der Waals surface area contributed by atoms with Crippen molar-refractivity contribution in [1.82, 2.24) is 15.5 Å². The van der Waals surface area contributed by atoms with Crippen LogP contribution in [0.3, 0.4) is 0 Å². The van der Waals surface area contributed by atoms with E-state index in [1.54, 1.807) is 0 Å². The van der Waals surface area contributed by atoms with Crippen LogP contribution in [0.5, 0.6) is 0 Å². The number of ether oxygens (including phenoxy) is 1. The maximum Gasteiger partial charge on any atom is 0.242 e. The molecule has 1 amide bonds. The van der Waals surface area contributed by atoms with E-state index in [1.165, 1.54) is 0 Å². The zero-order valence-electron chi connectivity index (χ0n) is 10.9. The molecule has 17 heavy (non-hydrogen) atoms. The Kier molecular flexibility index (Phi) is 4.01. The van der Waals surface area contributed by atoms with Crippen molar-refractivity contribution in [2.24, 2.45) is 0 Å². The number of hydrogen-bond donors (Lipinski definition) is 2. The van der Waals surface area contributed by atoms with Gasteiger partial charge in [0.25, 0.3) is 0 Å². The Hall–Kier alpha value is -0.650. The Balaban J connectivity index is 1.98. The van der Waals surface area contributed by atoms with Crippen LogP contribution in [0.2, 0.25) is 0 Å². The van der Waals surface area contributed by atoms with E-state index in [0.29, 0.717) is 18.7 Å². The van der Waals surface area contributed by atoms with Crippen LogP contribution in [0.4, 0.5) is 0 Å². The number of nitrogens with one attached hydrogen (secondary N) is 2. The fraction of sp³-hybridized carbons (Fsp3) is 0.917. The number of rotatable bonds is 1. The fourth-order valence-corrected chi connectivity index (χ4v) is 2.71. The third-order valence-corrected chi connectivity index (χ3v) is 3.45. The first kappa shape index (κ1) is 12.8. The van der Waals surface area contributed by atoms with Gasteiger partial charge in [-0.3, -0.25) is 4.79 Å². The van der Waals surface area contributed by atoms with Gasteiger partial charge in [-0.2, -0.15) is 0 Å². The van der Waals surface area contributed by atoms with Gasteiger partial charge in [0, 0.05) is 31.7 Å². The van der Waals surface area contributed by atoms with Crippen molar-refractivity contribution >= 4 is 5.91 Å². The maximum absolute atomic E-state index is 12.4. The Morgan fingerprint density at radius 3 is 2.47 bits per heavy atom. The second kappa shape index (κ2) is 5.33. The highest BCUT2D eigenvalue weighted by Crippen LogP contribution is 2.11. The fourth-order valence-electron chi connectivity index (χ4n) is 2.71. The Bertz CT molecular complexity index is 275. The molecule has 2 unspecified atom stereocenters. The molecule has 2 saturated heterocycles. The molecule has 0 aromatic carbocycles. The molecule has 5 nitrogen and oxygen atoms in total. The number of amides is 1. The Morgan fingerprint density at radius 1 is 1.24 bits per heavy atom. The molecule has 4 atom stereocenters. The molecule has 0 radical (unpaired) electrons. The van der Waals surface area contributed by atoms with Crippen LogP contribution in [0.1, 0.15) is 20.8 Å². The third-order valence-electron chi connectivity index (χ3n) is 3.45. The second-order valence-electron chi connectivity index (χ2n) is 5.22. The van der Waals surface area contributed by atoms with Gasteiger partial charge in [0.15, 0.2) is 0 Å². The van der Waals surface area contributed by atoms with Crippen molar-refractivity contribution in [1.29, 1.82) is 0 Å². The lowest BCUT2D eigenvalue weighted by Gasteiger charge is -2.40. The Labute approximate surface area is 103 Å². The zero-order valence-corrected chi connectivity index (χ0v) is 10.9. The SMILES string of the molecule is CC1CN(C(=O)[C@H]2NCCO[C@@H]2C)CC(C)N1. The largest absolute Gasteiger partial charge is 0.375 e. The lowest BCUT2D eigenvalue weighted by Crippen LogP contribution is -2.62. The van der Waals surface area contributed by atoms with Gasteiger partial charge in [-0.05, 0) is 20.8 Å². The third kappa shape index (κ3) is 2.97. The van der Waals surface area contributed by atoms with Crippen LogP contribution in [0.15, 0.2) is 0 Å². The van der Waals surface area contributed by atoms with Crippen molar-refractivity contribution in [3.63, 3.8) is 0 Å². The molecule has 0 aliphatic carbocycles. The molecule has 2 rings (SSSR count). The van der Waals surface area contributed by atoms with Crippen molar-refractivity contribution in [3.8, 4) is 0 Å². The van der Waals surface area contributed by atoms with Crippen LogP contribution in [-0.4, -0.2) is 61.3 Å². The predicted octanol–water partition coefficient (Wildman–Crippen LogP) is -0.428. The summed E-state index contributed by atoms with van der Waals surface area (Å²) in [4.78, 5) is 14.4. The molecule has 0 aromatic heterocycles. The van der Waals surface area contributed by atoms with E-state index in [1.807, 2.05) is 11.8 Å². The lowest BCUT2D eigenvalue weighted by molar-refractivity contribution is -0.141. The van der Waals surface area contributed by atoms with Gasteiger partial charge in [0.1, 0.15) is 6.04 Å². The summed E-state index contributed by atoms with van der Waals surface area (Å²) in [6, 6.07) is 0.547. The van der Waals surface area contributed by atoms with Gasteiger partial charge in [-0.15, -0.1) is 0 Å². The molecule has 0 spiro atoms. The van der Waals surface area contributed by atoms with Crippen LogP contribution in [0, 0.1) is 0 Å². The highest BCUT2D eigenvalue weighted by molar-refractivity contribution is 5.82. The molecule has 0 bridgehead atoms. The topological polar surface area (TPSA) is 53.6 Å². The van der Waals surface area contributed by atoms with E-state index < -0.39 is 0 Å². The monoisotopic (exact) mass is 241 g/mol. The van der Waals surface area contributed by atoms with E-state index in [4.69, 9.17) is 4.74 Å². The summed E-state index contributed by atoms with van der Waals surface area (Å²) in [6.45, 7) is 9.22. The molecule has 2 heterocycles. The minimum absolute atomic E-state index is 0.0308. The Morgan fingerprint density at radius 2 is 1.88 bits per heavy atom. The minimum atomic E-state index is -0.179. The highest BCUT2D eigenvalue weighted by atomic mass is 16.5. The lowest BCUT2D eigenvalue weighted by atomic mass is 10.1. The van der Waals surface area contributed by atoms with Crippen molar-refractivity contribution in [2.75, 3.05) is 26.2 Å².